The number of esters is 1. The molecule has 0 spiro atoms. The molecule has 2 rings (SSSR count). The van der Waals surface area contributed by atoms with Crippen molar-refractivity contribution >= 4 is 29.4 Å². The first kappa shape index (κ1) is 20.2. The molecule has 0 bridgehead atoms. The van der Waals surface area contributed by atoms with Gasteiger partial charge < -0.3 is 20.7 Å². The van der Waals surface area contributed by atoms with E-state index in [1.807, 2.05) is 0 Å². The fraction of sp³-hybridized carbons (Fsp3) is 0.444. The molecule has 1 heterocycles. The van der Waals surface area contributed by atoms with E-state index in [1.165, 1.54) is 4.90 Å². The van der Waals surface area contributed by atoms with Crippen molar-refractivity contribution in [3.05, 3.63) is 29.8 Å². The second-order valence-electron chi connectivity index (χ2n) is 6.07. The van der Waals surface area contributed by atoms with Crippen LogP contribution in [0.5, 0.6) is 0 Å². The molecular weight excluding hydrogens is 350 g/mol. The molecule has 9 heteroatoms. The van der Waals surface area contributed by atoms with Crippen LogP contribution in [0.4, 0.5) is 10.5 Å². The molecule has 0 atom stereocenters. The van der Waals surface area contributed by atoms with Gasteiger partial charge in [0.2, 0.25) is 5.91 Å². The smallest absolute Gasteiger partial charge is 0.324 e. The van der Waals surface area contributed by atoms with Crippen LogP contribution in [-0.2, 0) is 14.3 Å². The van der Waals surface area contributed by atoms with Crippen molar-refractivity contribution in [3.63, 3.8) is 0 Å². The Morgan fingerprint density at radius 1 is 1.26 bits per heavy atom. The Balaban J connectivity index is 1.89. The molecule has 1 aliphatic rings. The maximum Gasteiger partial charge on any atom is 0.324 e. The third kappa shape index (κ3) is 5.70. The summed E-state index contributed by atoms with van der Waals surface area (Å²) in [5.74, 6) is -0.721. The van der Waals surface area contributed by atoms with Gasteiger partial charge in [-0.1, -0.05) is 0 Å². The zero-order valence-electron chi connectivity index (χ0n) is 15.4. The number of nitrogens with one attached hydrogen (secondary N) is 2. The minimum absolute atomic E-state index is 0.0346. The maximum atomic E-state index is 12.7. The number of rotatable bonds is 8. The van der Waals surface area contributed by atoms with E-state index >= 15 is 0 Å². The number of nitrogens with two attached hydrogens (primary N) is 1. The first-order valence-corrected chi connectivity index (χ1v) is 8.85. The first-order valence-electron chi connectivity index (χ1n) is 8.85. The number of hydrogen-bond acceptors (Lipinski definition) is 5. The molecule has 1 fully saturated rings. The lowest BCUT2D eigenvalue weighted by Gasteiger charge is -2.35. The summed E-state index contributed by atoms with van der Waals surface area (Å²) in [4.78, 5) is 39.1. The number of nitrogens with zero attached hydrogens (tertiary/aromatic N) is 2. The van der Waals surface area contributed by atoms with Crippen LogP contribution in [0.1, 0.15) is 25.3 Å². The number of carbonyl (C=O) groups excluding carboxylic acids is 3. The Bertz CT molecular complexity index is 704. The lowest BCUT2D eigenvalue weighted by Crippen LogP contribution is -2.52. The summed E-state index contributed by atoms with van der Waals surface area (Å²) < 4.78 is 4.79. The second kappa shape index (κ2) is 9.56. The fourth-order valence-electron chi connectivity index (χ4n) is 2.76. The van der Waals surface area contributed by atoms with Crippen LogP contribution >= 0.6 is 0 Å². The van der Waals surface area contributed by atoms with E-state index in [4.69, 9.17) is 15.9 Å². The van der Waals surface area contributed by atoms with Crippen LogP contribution in [0, 0.1) is 5.41 Å². The molecule has 1 aromatic rings. The van der Waals surface area contributed by atoms with Gasteiger partial charge in [-0.3, -0.25) is 19.9 Å². The van der Waals surface area contributed by atoms with Crippen molar-refractivity contribution in [3.8, 4) is 0 Å². The molecule has 4 N–H and O–H groups in total. The summed E-state index contributed by atoms with van der Waals surface area (Å²) >= 11 is 0. The van der Waals surface area contributed by atoms with Crippen LogP contribution in [-0.4, -0.2) is 61.4 Å². The Morgan fingerprint density at radius 3 is 2.59 bits per heavy atom. The summed E-state index contributed by atoms with van der Waals surface area (Å²) in [6, 6.07) is 6.59. The minimum atomic E-state index is -0.368. The largest absolute Gasteiger partial charge is 0.466 e. The Kier molecular flexibility index (Phi) is 7.16. The van der Waals surface area contributed by atoms with Gasteiger partial charge in [0, 0.05) is 30.9 Å². The van der Waals surface area contributed by atoms with Gasteiger partial charge in [-0.15, -0.1) is 0 Å². The molecule has 0 aliphatic carbocycles. The van der Waals surface area contributed by atoms with Gasteiger partial charge in [0.1, 0.15) is 12.4 Å². The molecule has 3 amide bonds. The Morgan fingerprint density at radius 2 is 1.96 bits per heavy atom. The summed E-state index contributed by atoms with van der Waals surface area (Å²) in [5, 5.41) is 10.0. The predicted octanol–water partition coefficient (Wildman–Crippen LogP) is 0.672. The molecule has 0 saturated carbocycles. The number of carbonyl (C=O) groups is 3. The molecule has 1 aromatic carbocycles. The molecule has 1 saturated heterocycles. The summed E-state index contributed by atoms with van der Waals surface area (Å²) in [7, 11) is 0. The normalized spacial score (nSPS) is 14.0. The van der Waals surface area contributed by atoms with Crippen LogP contribution in [0.3, 0.4) is 0 Å². The molecule has 0 radical (unpaired) electrons. The third-order valence-corrected chi connectivity index (χ3v) is 4.09. The Hall–Kier alpha value is -3.10. The molecule has 9 nitrogen and oxygen atoms in total. The number of amidine groups is 1. The van der Waals surface area contributed by atoms with E-state index in [9.17, 15) is 14.4 Å². The summed E-state index contributed by atoms with van der Waals surface area (Å²) in [5.41, 5.74) is 6.72. The van der Waals surface area contributed by atoms with Crippen molar-refractivity contribution in [2.24, 2.45) is 5.73 Å². The number of anilines is 1. The molecular formula is C18H25N5O4. The monoisotopic (exact) mass is 375 g/mol. The van der Waals surface area contributed by atoms with Gasteiger partial charge >= 0.3 is 12.0 Å². The van der Waals surface area contributed by atoms with E-state index in [1.54, 1.807) is 36.1 Å². The highest BCUT2D eigenvalue weighted by Gasteiger charge is 2.28. The molecule has 146 valence electrons. The predicted molar refractivity (Wildman–Crippen MR) is 101 cm³/mol. The number of ether oxygens (including phenoxy) is 1. The van der Waals surface area contributed by atoms with Crippen LogP contribution in [0.25, 0.3) is 0 Å². The van der Waals surface area contributed by atoms with Crippen molar-refractivity contribution in [2.75, 3.05) is 37.7 Å². The van der Waals surface area contributed by atoms with E-state index in [0.717, 1.165) is 6.42 Å². The second-order valence-corrected chi connectivity index (χ2v) is 6.07. The number of amides is 3. The van der Waals surface area contributed by atoms with Crippen LogP contribution < -0.4 is 16.0 Å². The van der Waals surface area contributed by atoms with E-state index < -0.39 is 0 Å². The van der Waals surface area contributed by atoms with Crippen molar-refractivity contribution in [1.29, 1.82) is 5.41 Å². The van der Waals surface area contributed by atoms with Gasteiger partial charge in [-0.25, -0.2) is 4.79 Å². The number of nitrogen functional groups attached to an aromatic ring is 1. The van der Waals surface area contributed by atoms with Gasteiger partial charge in [-0.2, -0.15) is 0 Å². The topological polar surface area (TPSA) is 129 Å². The number of hydrogen-bond donors (Lipinski definition) is 3. The maximum absolute atomic E-state index is 12.7. The van der Waals surface area contributed by atoms with E-state index in [-0.39, 0.29) is 43.3 Å². The Labute approximate surface area is 157 Å². The molecule has 0 unspecified atom stereocenters. The fourth-order valence-corrected chi connectivity index (χ4v) is 2.76. The molecule has 1 aliphatic heterocycles. The number of urea groups is 1. The summed E-state index contributed by atoms with van der Waals surface area (Å²) in [6.07, 6.45) is 0.832. The van der Waals surface area contributed by atoms with Crippen LogP contribution in [0.2, 0.25) is 0 Å². The lowest BCUT2D eigenvalue weighted by molar-refractivity contribution is -0.143. The number of benzene rings is 1. The standard InChI is InChI=1S/C18H25N5O4/c1-2-27-16(25)8-9-21-15(24)12-22-10-3-11-23(18(22)26)14-6-4-13(5-7-14)17(19)20/h4-7H,2-3,8-12H2,1H3,(H3,19,20)(H,21,24). The van der Waals surface area contributed by atoms with Crippen molar-refractivity contribution < 1.29 is 19.1 Å². The van der Waals surface area contributed by atoms with Crippen LogP contribution in [0.15, 0.2) is 24.3 Å². The summed E-state index contributed by atoms with van der Waals surface area (Å²) in [6.45, 7) is 3.18. The highest BCUT2D eigenvalue weighted by molar-refractivity contribution is 5.97. The molecule has 0 aromatic heterocycles. The zero-order chi connectivity index (χ0) is 19.8. The zero-order valence-corrected chi connectivity index (χ0v) is 15.4. The first-order chi connectivity index (χ1) is 12.9. The van der Waals surface area contributed by atoms with Gasteiger partial charge in [0.05, 0.1) is 13.0 Å². The van der Waals surface area contributed by atoms with Gasteiger partial charge in [-0.05, 0) is 37.6 Å². The van der Waals surface area contributed by atoms with Crippen molar-refractivity contribution in [1.82, 2.24) is 10.2 Å². The van der Waals surface area contributed by atoms with Gasteiger partial charge in [0.25, 0.3) is 0 Å². The SMILES string of the molecule is CCOC(=O)CCNC(=O)CN1CCCN(c2ccc(C(=N)N)cc2)C1=O. The quantitative estimate of drug-likeness (QED) is 0.349. The minimum Gasteiger partial charge on any atom is -0.466 e. The van der Waals surface area contributed by atoms with E-state index in [0.29, 0.717) is 30.9 Å². The highest BCUT2D eigenvalue weighted by Crippen LogP contribution is 2.20. The van der Waals surface area contributed by atoms with Crippen molar-refractivity contribution in [2.45, 2.75) is 19.8 Å². The average molecular weight is 375 g/mol. The average Bonchev–Trinajstić information content (AvgIpc) is 2.64. The highest BCUT2D eigenvalue weighted by atomic mass is 16.5. The lowest BCUT2D eigenvalue weighted by atomic mass is 10.1. The third-order valence-electron chi connectivity index (χ3n) is 4.09. The van der Waals surface area contributed by atoms with E-state index in [2.05, 4.69) is 5.32 Å². The molecule has 27 heavy (non-hydrogen) atoms. The van der Waals surface area contributed by atoms with Gasteiger partial charge in [0.15, 0.2) is 0 Å².